The van der Waals surface area contributed by atoms with E-state index in [0.717, 1.165) is 11.1 Å². The van der Waals surface area contributed by atoms with Crippen LogP contribution in [0.4, 0.5) is 5.69 Å². The molecule has 2 atom stereocenters. The third-order valence-corrected chi connectivity index (χ3v) is 9.18. The van der Waals surface area contributed by atoms with E-state index >= 15 is 0 Å². The molecule has 9 heteroatoms. The standard InChI is InChI=1S/C20H24N2O5S2/c1-14-5-3-4-6-16(14)11-21-19-12-28(24,25)13-20(19)29(26,27)18-9-7-17(8-10-18)22-15(2)23/h3-10,19-21H,11-13H2,1-2H3,(H,22,23)/t19-,20-/m1/s1. The summed E-state index contributed by atoms with van der Waals surface area (Å²) in [6.45, 7) is 3.70. The Morgan fingerprint density at radius 3 is 2.34 bits per heavy atom. The Kier molecular flexibility index (Phi) is 6.11. The average Bonchev–Trinajstić information content (AvgIpc) is 2.96. The SMILES string of the molecule is CC(=O)Nc1ccc(S(=O)(=O)[C@@H]2CS(=O)(=O)C[C@H]2NCc2ccccc2C)cc1. The van der Waals surface area contributed by atoms with Gasteiger partial charge >= 0.3 is 0 Å². The van der Waals surface area contributed by atoms with E-state index in [0.29, 0.717) is 12.2 Å². The zero-order valence-electron chi connectivity index (χ0n) is 16.3. The first kappa shape index (κ1) is 21.5. The molecule has 0 spiro atoms. The summed E-state index contributed by atoms with van der Waals surface area (Å²) >= 11 is 0. The molecule has 156 valence electrons. The summed E-state index contributed by atoms with van der Waals surface area (Å²) < 4.78 is 50.8. The van der Waals surface area contributed by atoms with Gasteiger partial charge in [0.1, 0.15) is 0 Å². The van der Waals surface area contributed by atoms with Crippen molar-refractivity contribution in [3.63, 3.8) is 0 Å². The molecule has 29 heavy (non-hydrogen) atoms. The zero-order valence-corrected chi connectivity index (χ0v) is 17.9. The Bertz CT molecular complexity index is 1110. The van der Waals surface area contributed by atoms with Gasteiger partial charge in [-0.05, 0) is 42.3 Å². The molecule has 0 unspecified atom stereocenters. The maximum absolute atomic E-state index is 13.2. The largest absolute Gasteiger partial charge is 0.326 e. The summed E-state index contributed by atoms with van der Waals surface area (Å²) in [4.78, 5) is 11.2. The highest BCUT2D eigenvalue weighted by atomic mass is 32.2. The first-order chi connectivity index (χ1) is 13.6. The molecule has 2 aromatic carbocycles. The molecule has 1 amide bonds. The van der Waals surface area contributed by atoms with Crippen LogP contribution in [0.15, 0.2) is 53.4 Å². The van der Waals surface area contributed by atoms with Gasteiger partial charge in [-0.3, -0.25) is 4.79 Å². The van der Waals surface area contributed by atoms with Crippen molar-refractivity contribution >= 4 is 31.3 Å². The lowest BCUT2D eigenvalue weighted by atomic mass is 10.1. The van der Waals surface area contributed by atoms with E-state index in [1.165, 1.54) is 31.2 Å². The van der Waals surface area contributed by atoms with Gasteiger partial charge in [-0.2, -0.15) is 0 Å². The second-order valence-electron chi connectivity index (χ2n) is 7.28. The molecule has 7 nitrogen and oxygen atoms in total. The minimum absolute atomic E-state index is 0.0383. The third kappa shape index (κ3) is 5.04. The van der Waals surface area contributed by atoms with Gasteiger partial charge in [-0.1, -0.05) is 24.3 Å². The second kappa shape index (κ2) is 8.25. The number of aryl methyl sites for hydroxylation is 1. The predicted octanol–water partition coefficient (Wildman–Crippen LogP) is 1.68. The zero-order chi connectivity index (χ0) is 21.2. The van der Waals surface area contributed by atoms with E-state index in [-0.39, 0.29) is 16.6 Å². The lowest BCUT2D eigenvalue weighted by Gasteiger charge is -2.20. The van der Waals surface area contributed by atoms with Crippen molar-refractivity contribution < 1.29 is 21.6 Å². The fraction of sp³-hybridized carbons (Fsp3) is 0.350. The van der Waals surface area contributed by atoms with Gasteiger partial charge in [0.2, 0.25) is 5.91 Å². The number of benzene rings is 2. The molecule has 2 aromatic rings. The average molecular weight is 437 g/mol. The molecule has 0 radical (unpaired) electrons. The number of carbonyl (C=O) groups excluding carboxylic acids is 1. The fourth-order valence-electron chi connectivity index (χ4n) is 3.47. The Labute approximate surface area is 171 Å². The van der Waals surface area contributed by atoms with Gasteiger partial charge in [0.25, 0.3) is 0 Å². The monoisotopic (exact) mass is 436 g/mol. The lowest BCUT2D eigenvalue weighted by molar-refractivity contribution is -0.114. The summed E-state index contributed by atoms with van der Waals surface area (Å²) in [5.74, 6) is -0.885. The number of amides is 1. The minimum Gasteiger partial charge on any atom is -0.326 e. The number of hydrogen-bond acceptors (Lipinski definition) is 6. The van der Waals surface area contributed by atoms with Crippen molar-refractivity contribution in [1.29, 1.82) is 0 Å². The quantitative estimate of drug-likeness (QED) is 0.713. The summed E-state index contributed by atoms with van der Waals surface area (Å²) in [5.41, 5.74) is 2.52. The van der Waals surface area contributed by atoms with Crippen LogP contribution in [0.3, 0.4) is 0 Å². The first-order valence-electron chi connectivity index (χ1n) is 9.18. The van der Waals surface area contributed by atoms with Gasteiger partial charge in [-0.15, -0.1) is 0 Å². The maximum Gasteiger partial charge on any atom is 0.221 e. The van der Waals surface area contributed by atoms with Crippen molar-refractivity contribution in [2.75, 3.05) is 16.8 Å². The third-order valence-electron chi connectivity index (χ3n) is 5.02. The molecule has 1 heterocycles. The highest BCUT2D eigenvalue weighted by Gasteiger charge is 2.45. The Balaban J connectivity index is 1.83. The van der Waals surface area contributed by atoms with E-state index in [4.69, 9.17) is 0 Å². The Morgan fingerprint density at radius 2 is 1.72 bits per heavy atom. The number of sulfone groups is 2. The van der Waals surface area contributed by atoms with Gasteiger partial charge in [0.05, 0.1) is 21.7 Å². The van der Waals surface area contributed by atoms with E-state index in [1.807, 2.05) is 31.2 Å². The second-order valence-corrected chi connectivity index (χ2v) is 11.6. The van der Waals surface area contributed by atoms with Crippen molar-refractivity contribution in [1.82, 2.24) is 5.32 Å². The molecule has 1 saturated heterocycles. The van der Waals surface area contributed by atoms with Gasteiger partial charge in [0, 0.05) is 25.2 Å². The van der Waals surface area contributed by atoms with Crippen LogP contribution in [-0.4, -0.2) is 45.5 Å². The van der Waals surface area contributed by atoms with Crippen LogP contribution in [0.25, 0.3) is 0 Å². The molecule has 0 aromatic heterocycles. The van der Waals surface area contributed by atoms with E-state index < -0.39 is 36.7 Å². The summed E-state index contributed by atoms with van der Waals surface area (Å²) in [6, 6.07) is 12.8. The Hall–Kier alpha value is -2.23. The fourth-order valence-corrected chi connectivity index (χ4v) is 8.18. The first-order valence-corrected chi connectivity index (χ1v) is 12.5. The maximum atomic E-state index is 13.2. The molecule has 1 fully saturated rings. The normalized spacial score (nSPS) is 21.0. The van der Waals surface area contributed by atoms with Crippen molar-refractivity contribution in [3.05, 3.63) is 59.7 Å². The van der Waals surface area contributed by atoms with Crippen LogP contribution in [0.2, 0.25) is 0 Å². The topological polar surface area (TPSA) is 109 Å². The van der Waals surface area contributed by atoms with E-state index in [1.54, 1.807) is 0 Å². The number of anilines is 1. The molecule has 0 saturated carbocycles. The highest BCUT2D eigenvalue weighted by Crippen LogP contribution is 2.27. The van der Waals surface area contributed by atoms with Gasteiger partial charge in [0.15, 0.2) is 19.7 Å². The molecule has 3 rings (SSSR count). The molecule has 0 bridgehead atoms. The number of carbonyl (C=O) groups is 1. The Morgan fingerprint density at radius 1 is 1.07 bits per heavy atom. The number of nitrogens with one attached hydrogen (secondary N) is 2. The molecule has 1 aliphatic rings. The van der Waals surface area contributed by atoms with Gasteiger partial charge < -0.3 is 10.6 Å². The van der Waals surface area contributed by atoms with Crippen LogP contribution in [0, 0.1) is 6.92 Å². The molecule has 0 aliphatic carbocycles. The minimum atomic E-state index is -3.87. The van der Waals surface area contributed by atoms with Crippen molar-refractivity contribution in [3.8, 4) is 0 Å². The summed E-state index contributed by atoms with van der Waals surface area (Å²) in [7, 11) is -7.35. The smallest absolute Gasteiger partial charge is 0.221 e. The molecule has 1 aliphatic heterocycles. The number of hydrogen-bond donors (Lipinski definition) is 2. The van der Waals surface area contributed by atoms with Crippen LogP contribution in [0.1, 0.15) is 18.1 Å². The van der Waals surface area contributed by atoms with Crippen LogP contribution < -0.4 is 10.6 Å². The van der Waals surface area contributed by atoms with E-state index in [2.05, 4.69) is 10.6 Å². The molecule has 2 N–H and O–H groups in total. The summed E-state index contributed by atoms with van der Waals surface area (Å²) in [6.07, 6.45) is 0. The van der Waals surface area contributed by atoms with Gasteiger partial charge in [-0.25, -0.2) is 16.8 Å². The summed E-state index contributed by atoms with van der Waals surface area (Å²) in [5, 5.41) is 4.65. The van der Waals surface area contributed by atoms with Crippen molar-refractivity contribution in [2.45, 2.75) is 36.6 Å². The van der Waals surface area contributed by atoms with E-state index in [9.17, 15) is 21.6 Å². The predicted molar refractivity (Wildman–Crippen MR) is 112 cm³/mol. The van der Waals surface area contributed by atoms with Crippen LogP contribution in [0.5, 0.6) is 0 Å². The lowest BCUT2D eigenvalue weighted by Crippen LogP contribution is -2.43. The highest BCUT2D eigenvalue weighted by molar-refractivity contribution is 7.96. The number of rotatable bonds is 6. The van der Waals surface area contributed by atoms with Crippen molar-refractivity contribution in [2.24, 2.45) is 0 Å². The van der Waals surface area contributed by atoms with Crippen LogP contribution in [-0.2, 0) is 31.0 Å². The molecular weight excluding hydrogens is 412 g/mol. The molecular formula is C20H24N2O5S2. The van der Waals surface area contributed by atoms with Crippen LogP contribution >= 0.6 is 0 Å².